The molecule has 2 nitrogen and oxygen atoms in total. The summed E-state index contributed by atoms with van der Waals surface area (Å²) in [6.07, 6.45) is 3.16. The summed E-state index contributed by atoms with van der Waals surface area (Å²) in [5.74, 6) is 0. The molecule has 0 bridgehead atoms. The van der Waals surface area contributed by atoms with Gasteiger partial charge in [0.25, 0.3) is 0 Å². The van der Waals surface area contributed by atoms with Gasteiger partial charge in [-0.25, -0.2) is 0 Å². The highest BCUT2D eigenvalue weighted by Gasteiger charge is 2.01. The second-order valence-corrected chi connectivity index (χ2v) is 2.66. The molecule has 1 aliphatic rings. The number of aliphatic imine (C=N–C) groups is 1. The molecule has 0 N–H and O–H groups in total. The van der Waals surface area contributed by atoms with Crippen molar-refractivity contribution in [3.05, 3.63) is 0 Å². The smallest absolute Gasteiger partial charge is 0.0851 e. The van der Waals surface area contributed by atoms with Gasteiger partial charge in [-0.15, -0.1) is 0 Å². The van der Waals surface area contributed by atoms with E-state index < -0.39 is 0 Å². The van der Waals surface area contributed by atoms with Crippen LogP contribution in [0.2, 0.25) is 6.04 Å². The van der Waals surface area contributed by atoms with E-state index in [2.05, 4.69) is 20.1 Å². The highest BCUT2D eigenvalue weighted by atomic mass is 28.1. The molecule has 49 valence electrons. The maximum atomic E-state index is 4.10. The van der Waals surface area contributed by atoms with Crippen LogP contribution in [0, 0.1) is 0 Å². The Morgan fingerprint density at radius 1 is 1.67 bits per heavy atom. The van der Waals surface area contributed by atoms with Gasteiger partial charge in [0, 0.05) is 23.3 Å². The molecule has 9 heavy (non-hydrogen) atoms. The third-order valence-corrected chi connectivity index (χ3v) is 1.74. The third-order valence-electron chi connectivity index (χ3n) is 1.38. The summed E-state index contributed by atoms with van der Waals surface area (Å²) in [6.45, 7) is 3.25. The summed E-state index contributed by atoms with van der Waals surface area (Å²) in [7, 11) is 3.43. The van der Waals surface area contributed by atoms with Gasteiger partial charge in [-0.1, -0.05) is 6.04 Å². The zero-order valence-corrected chi connectivity index (χ0v) is 6.51. The van der Waals surface area contributed by atoms with Crippen LogP contribution in [0.4, 0.5) is 0 Å². The van der Waals surface area contributed by atoms with Crippen molar-refractivity contribution in [2.45, 2.75) is 12.5 Å². The van der Waals surface area contributed by atoms with E-state index in [4.69, 9.17) is 0 Å². The van der Waals surface area contributed by atoms with Crippen LogP contribution in [0.5, 0.6) is 0 Å². The molecule has 0 saturated heterocycles. The van der Waals surface area contributed by atoms with Crippen LogP contribution in [-0.2, 0) is 0 Å². The normalized spacial score (nSPS) is 17.2. The minimum absolute atomic E-state index is 0.988. The Morgan fingerprint density at radius 3 is 3.11 bits per heavy atom. The van der Waals surface area contributed by atoms with Crippen LogP contribution in [0.15, 0.2) is 4.99 Å². The minimum Gasteiger partial charge on any atom is -0.361 e. The third kappa shape index (κ3) is 2.18. The Hall–Kier alpha value is -0.313. The van der Waals surface area contributed by atoms with Crippen LogP contribution < -0.4 is 0 Å². The number of nitrogens with zero attached hydrogens (tertiary/aromatic N) is 2. The molecule has 0 aliphatic carbocycles. The van der Waals surface area contributed by atoms with Gasteiger partial charge in [0.05, 0.1) is 12.9 Å². The van der Waals surface area contributed by atoms with Crippen LogP contribution in [0.1, 0.15) is 6.42 Å². The fourth-order valence-corrected chi connectivity index (χ4v) is 1.03. The van der Waals surface area contributed by atoms with E-state index in [0.29, 0.717) is 0 Å². The molecule has 0 aromatic carbocycles. The monoisotopic (exact) mass is 139 g/mol. The predicted octanol–water partition coefficient (Wildman–Crippen LogP) is 0.307. The molecule has 0 spiro atoms. The zero-order valence-electron chi connectivity index (χ0n) is 5.51. The van der Waals surface area contributed by atoms with Gasteiger partial charge in [0.2, 0.25) is 0 Å². The highest BCUT2D eigenvalue weighted by Crippen LogP contribution is 1.95. The SMILES string of the molecule is [Si]CCCN1C=NCC1. The van der Waals surface area contributed by atoms with Crippen molar-refractivity contribution in [2.75, 3.05) is 19.6 Å². The Bertz CT molecular complexity index is 103. The summed E-state index contributed by atoms with van der Waals surface area (Å²) in [6, 6.07) is 1.09. The Balaban J connectivity index is 2.05. The van der Waals surface area contributed by atoms with E-state index >= 15 is 0 Å². The summed E-state index contributed by atoms with van der Waals surface area (Å²) < 4.78 is 0. The first kappa shape index (κ1) is 6.80. The molecule has 0 unspecified atom stereocenters. The molecule has 1 aliphatic heterocycles. The molecule has 0 fully saturated rings. The van der Waals surface area contributed by atoms with Crippen LogP contribution in [-0.4, -0.2) is 41.1 Å². The van der Waals surface area contributed by atoms with Gasteiger partial charge in [-0.3, -0.25) is 4.99 Å². The molecule has 3 heteroatoms. The van der Waals surface area contributed by atoms with E-state index in [1.165, 1.54) is 6.42 Å². The average Bonchev–Trinajstić information content (AvgIpc) is 2.34. The van der Waals surface area contributed by atoms with Crippen molar-refractivity contribution in [3.8, 4) is 0 Å². The molecular weight excluding hydrogens is 128 g/mol. The fraction of sp³-hybridized carbons (Fsp3) is 0.833. The maximum absolute atomic E-state index is 4.10. The van der Waals surface area contributed by atoms with Gasteiger partial charge in [0.1, 0.15) is 0 Å². The molecular formula is C6H11N2Si. The van der Waals surface area contributed by atoms with Gasteiger partial charge in [-0.2, -0.15) is 0 Å². The van der Waals surface area contributed by atoms with Crippen molar-refractivity contribution in [1.82, 2.24) is 4.90 Å². The molecule has 0 amide bonds. The second kappa shape index (κ2) is 3.66. The first-order valence-electron chi connectivity index (χ1n) is 3.32. The van der Waals surface area contributed by atoms with E-state index in [1.807, 2.05) is 6.34 Å². The Labute approximate surface area is 59.4 Å². The highest BCUT2D eigenvalue weighted by molar-refractivity contribution is 6.08. The summed E-state index contributed by atoms with van der Waals surface area (Å²) in [5.41, 5.74) is 0. The largest absolute Gasteiger partial charge is 0.361 e. The van der Waals surface area contributed by atoms with E-state index in [1.54, 1.807) is 0 Å². The van der Waals surface area contributed by atoms with Crippen molar-refractivity contribution >= 4 is 16.6 Å². The first-order chi connectivity index (χ1) is 4.43. The summed E-state index contributed by atoms with van der Waals surface area (Å²) >= 11 is 0. The molecule has 0 atom stereocenters. The van der Waals surface area contributed by atoms with Crippen molar-refractivity contribution in [1.29, 1.82) is 0 Å². The summed E-state index contributed by atoms with van der Waals surface area (Å²) in [5, 5.41) is 0. The van der Waals surface area contributed by atoms with Crippen molar-refractivity contribution in [2.24, 2.45) is 4.99 Å². The van der Waals surface area contributed by atoms with E-state index in [0.717, 1.165) is 25.7 Å². The molecule has 0 aromatic heterocycles. The molecule has 1 heterocycles. The molecule has 3 radical (unpaired) electrons. The number of hydrogen-bond acceptors (Lipinski definition) is 2. The van der Waals surface area contributed by atoms with Gasteiger partial charge in [-0.05, 0) is 6.42 Å². The average molecular weight is 139 g/mol. The van der Waals surface area contributed by atoms with Crippen molar-refractivity contribution < 1.29 is 0 Å². The predicted molar refractivity (Wildman–Crippen MR) is 40.1 cm³/mol. The van der Waals surface area contributed by atoms with Gasteiger partial charge >= 0.3 is 0 Å². The second-order valence-electron chi connectivity index (χ2n) is 2.16. The number of rotatable bonds is 3. The van der Waals surface area contributed by atoms with Crippen LogP contribution in [0.3, 0.4) is 0 Å². The lowest BCUT2D eigenvalue weighted by atomic mass is 10.4. The van der Waals surface area contributed by atoms with Crippen LogP contribution in [0.25, 0.3) is 0 Å². The Morgan fingerprint density at radius 2 is 2.56 bits per heavy atom. The van der Waals surface area contributed by atoms with E-state index in [-0.39, 0.29) is 0 Å². The summed E-state index contributed by atoms with van der Waals surface area (Å²) in [4.78, 5) is 6.35. The maximum Gasteiger partial charge on any atom is 0.0851 e. The topological polar surface area (TPSA) is 15.6 Å². The zero-order chi connectivity index (χ0) is 6.53. The standard InChI is InChI=1S/C6H11N2Si/c9-5-1-3-8-4-2-7-6-8/h6H,1-5H2. The molecule has 1 rings (SSSR count). The quantitative estimate of drug-likeness (QED) is 0.514. The number of hydrogen-bond donors (Lipinski definition) is 0. The van der Waals surface area contributed by atoms with Crippen molar-refractivity contribution in [3.63, 3.8) is 0 Å². The molecule has 0 saturated carbocycles. The lowest BCUT2D eigenvalue weighted by Crippen LogP contribution is -2.20. The van der Waals surface area contributed by atoms with E-state index in [9.17, 15) is 0 Å². The lowest BCUT2D eigenvalue weighted by molar-refractivity contribution is 0.466. The fourth-order valence-electron chi connectivity index (χ4n) is 0.869. The van der Waals surface area contributed by atoms with Gasteiger partial charge in [0.15, 0.2) is 0 Å². The van der Waals surface area contributed by atoms with Crippen LogP contribution >= 0.6 is 0 Å². The van der Waals surface area contributed by atoms with Gasteiger partial charge < -0.3 is 4.90 Å². The first-order valence-corrected chi connectivity index (χ1v) is 4.03. The Kier molecular flexibility index (Phi) is 2.77. The minimum atomic E-state index is 0.988. The molecule has 0 aromatic rings. The lowest BCUT2D eigenvalue weighted by Gasteiger charge is -2.11.